The molecule has 0 saturated heterocycles. The molecular formula is C19H32O4. The van der Waals surface area contributed by atoms with E-state index in [1.807, 2.05) is 0 Å². The molecule has 4 nitrogen and oxygen atoms in total. The number of esters is 2. The number of hydrogen-bond donors (Lipinski definition) is 0. The Hall–Kier alpha value is -1.06. The van der Waals surface area contributed by atoms with Crippen LogP contribution in [0.2, 0.25) is 0 Å². The lowest BCUT2D eigenvalue weighted by Gasteiger charge is -2.29. The third-order valence-electron chi connectivity index (χ3n) is 5.21. The first-order valence-corrected chi connectivity index (χ1v) is 9.59. The van der Waals surface area contributed by atoms with Gasteiger partial charge in [0.15, 0.2) is 5.92 Å². The second-order valence-electron chi connectivity index (χ2n) is 7.09. The van der Waals surface area contributed by atoms with Gasteiger partial charge in [0, 0.05) is 0 Å². The van der Waals surface area contributed by atoms with Gasteiger partial charge in [0.1, 0.15) is 6.10 Å². The Bertz CT molecular complexity index is 368. The van der Waals surface area contributed by atoms with Crippen molar-refractivity contribution in [2.75, 3.05) is 6.61 Å². The van der Waals surface area contributed by atoms with Crippen LogP contribution in [0.3, 0.4) is 0 Å². The molecule has 4 heteroatoms. The van der Waals surface area contributed by atoms with Gasteiger partial charge in [-0.3, -0.25) is 9.59 Å². The monoisotopic (exact) mass is 324 g/mol. The van der Waals surface area contributed by atoms with Crippen molar-refractivity contribution in [2.24, 2.45) is 11.8 Å². The molecule has 0 radical (unpaired) electrons. The van der Waals surface area contributed by atoms with Crippen LogP contribution in [0.1, 0.15) is 84.0 Å². The van der Waals surface area contributed by atoms with E-state index in [0.29, 0.717) is 6.61 Å². The van der Waals surface area contributed by atoms with Crippen molar-refractivity contribution in [3.05, 3.63) is 0 Å². The molecule has 0 N–H and O–H groups in total. The Morgan fingerprint density at radius 2 is 1.52 bits per heavy atom. The third kappa shape index (κ3) is 5.82. The van der Waals surface area contributed by atoms with Gasteiger partial charge < -0.3 is 9.47 Å². The van der Waals surface area contributed by atoms with Crippen molar-refractivity contribution in [1.29, 1.82) is 0 Å². The molecule has 0 amide bonds. The maximum Gasteiger partial charge on any atom is 0.320 e. The second-order valence-corrected chi connectivity index (χ2v) is 7.09. The molecule has 2 rings (SSSR count). The van der Waals surface area contributed by atoms with Crippen molar-refractivity contribution in [3.8, 4) is 0 Å². The summed E-state index contributed by atoms with van der Waals surface area (Å²) in [5.41, 5.74) is 0. The molecule has 2 aliphatic rings. The highest BCUT2D eigenvalue weighted by atomic mass is 16.6. The van der Waals surface area contributed by atoms with E-state index in [2.05, 4.69) is 6.92 Å². The van der Waals surface area contributed by atoms with Crippen LogP contribution >= 0.6 is 0 Å². The SMILES string of the molecule is CCCCOC(=O)C(C(=O)OC1CCCCC1)C1CCCCC1. The molecule has 2 saturated carbocycles. The summed E-state index contributed by atoms with van der Waals surface area (Å²) in [6.07, 6.45) is 12.4. The fourth-order valence-electron chi connectivity index (χ4n) is 3.78. The lowest BCUT2D eigenvalue weighted by atomic mass is 9.80. The maximum absolute atomic E-state index is 12.7. The zero-order valence-corrected chi connectivity index (χ0v) is 14.6. The molecular weight excluding hydrogens is 292 g/mol. The van der Waals surface area contributed by atoms with Crippen molar-refractivity contribution >= 4 is 11.9 Å². The molecule has 132 valence electrons. The van der Waals surface area contributed by atoms with Gasteiger partial charge in [-0.15, -0.1) is 0 Å². The number of rotatable bonds is 7. The standard InChI is InChI=1S/C19H32O4/c1-2-3-14-22-18(20)17(15-10-6-4-7-11-15)19(21)23-16-12-8-5-9-13-16/h15-17H,2-14H2,1H3. The highest BCUT2D eigenvalue weighted by Gasteiger charge is 2.39. The molecule has 1 atom stereocenters. The minimum absolute atomic E-state index is 0.00535. The van der Waals surface area contributed by atoms with E-state index < -0.39 is 5.92 Å². The van der Waals surface area contributed by atoms with E-state index in [9.17, 15) is 9.59 Å². The lowest BCUT2D eigenvalue weighted by Crippen LogP contribution is -2.37. The van der Waals surface area contributed by atoms with Gasteiger partial charge in [0.2, 0.25) is 0 Å². The third-order valence-corrected chi connectivity index (χ3v) is 5.21. The zero-order valence-electron chi connectivity index (χ0n) is 14.6. The van der Waals surface area contributed by atoms with Crippen molar-refractivity contribution < 1.29 is 19.1 Å². The fourth-order valence-corrected chi connectivity index (χ4v) is 3.78. The Balaban J connectivity index is 1.95. The molecule has 1 unspecified atom stereocenters. The van der Waals surface area contributed by atoms with Crippen LogP contribution in [0.25, 0.3) is 0 Å². The van der Waals surface area contributed by atoms with E-state index in [1.54, 1.807) is 0 Å². The van der Waals surface area contributed by atoms with Crippen LogP contribution in [-0.4, -0.2) is 24.6 Å². The predicted molar refractivity (Wildman–Crippen MR) is 88.9 cm³/mol. The fraction of sp³-hybridized carbons (Fsp3) is 0.895. The number of carbonyl (C=O) groups excluding carboxylic acids is 2. The molecule has 2 fully saturated rings. The quantitative estimate of drug-likeness (QED) is 0.395. The summed E-state index contributed by atoms with van der Waals surface area (Å²) in [4.78, 5) is 25.1. The molecule has 0 heterocycles. The van der Waals surface area contributed by atoms with Crippen LogP contribution in [0, 0.1) is 11.8 Å². The van der Waals surface area contributed by atoms with Gasteiger partial charge in [-0.2, -0.15) is 0 Å². The van der Waals surface area contributed by atoms with Gasteiger partial charge in [-0.25, -0.2) is 0 Å². The molecule has 23 heavy (non-hydrogen) atoms. The van der Waals surface area contributed by atoms with Gasteiger partial charge >= 0.3 is 11.9 Å². The molecule has 0 aliphatic heterocycles. The zero-order chi connectivity index (χ0) is 16.5. The average molecular weight is 324 g/mol. The van der Waals surface area contributed by atoms with Crippen molar-refractivity contribution in [2.45, 2.75) is 90.1 Å². The second kappa shape index (κ2) is 9.94. The molecule has 2 aliphatic carbocycles. The molecule has 0 aromatic rings. The van der Waals surface area contributed by atoms with E-state index >= 15 is 0 Å². The van der Waals surface area contributed by atoms with E-state index in [4.69, 9.17) is 9.47 Å². The number of hydrogen-bond acceptors (Lipinski definition) is 4. The summed E-state index contributed by atoms with van der Waals surface area (Å²) < 4.78 is 11.1. The number of ether oxygens (including phenoxy) is 2. The predicted octanol–water partition coefficient (Wildman–Crippen LogP) is 4.40. The minimum atomic E-state index is -0.700. The summed E-state index contributed by atoms with van der Waals surface area (Å²) in [5, 5.41) is 0. The topological polar surface area (TPSA) is 52.6 Å². The Morgan fingerprint density at radius 3 is 2.13 bits per heavy atom. The van der Waals surface area contributed by atoms with Crippen molar-refractivity contribution in [3.63, 3.8) is 0 Å². The first-order valence-electron chi connectivity index (χ1n) is 9.59. The number of carbonyl (C=O) groups is 2. The Morgan fingerprint density at radius 1 is 0.913 bits per heavy atom. The average Bonchev–Trinajstić information content (AvgIpc) is 2.57. The summed E-state index contributed by atoms with van der Waals surface area (Å²) in [6.45, 7) is 2.47. The summed E-state index contributed by atoms with van der Waals surface area (Å²) >= 11 is 0. The van der Waals surface area contributed by atoms with Crippen LogP contribution in [0.5, 0.6) is 0 Å². The van der Waals surface area contributed by atoms with Crippen LogP contribution in [-0.2, 0) is 19.1 Å². The summed E-state index contributed by atoms with van der Waals surface area (Å²) in [5.74, 6) is -1.28. The molecule has 0 bridgehead atoms. The van der Waals surface area contributed by atoms with Crippen LogP contribution in [0.4, 0.5) is 0 Å². The number of unbranched alkanes of at least 4 members (excludes halogenated alkanes) is 1. The highest BCUT2D eigenvalue weighted by molar-refractivity contribution is 5.95. The summed E-state index contributed by atoms with van der Waals surface area (Å²) in [7, 11) is 0. The van der Waals surface area contributed by atoms with Gasteiger partial charge in [0.25, 0.3) is 0 Å². The van der Waals surface area contributed by atoms with Gasteiger partial charge in [-0.05, 0) is 50.9 Å². The van der Waals surface area contributed by atoms with E-state index in [0.717, 1.165) is 64.2 Å². The largest absolute Gasteiger partial charge is 0.465 e. The van der Waals surface area contributed by atoms with Gasteiger partial charge in [-0.1, -0.05) is 39.0 Å². The molecule has 0 spiro atoms. The highest BCUT2D eigenvalue weighted by Crippen LogP contribution is 2.32. The van der Waals surface area contributed by atoms with E-state index in [-0.39, 0.29) is 24.0 Å². The first kappa shape index (κ1) is 18.3. The van der Waals surface area contributed by atoms with E-state index in [1.165, 1.54) is 12.8 Å². The Labute approximate surface area is 140 Å². The van der Waals surface area contributed by atoms with Gasteiger partial charge in [0.05, 0.1) is 6.61 Å². The first-order chi connectivity index (χ1) is 11.2. The van der Waals surface area contributed by atoms with Crippen LogP contribution < -0.4 is 0 Å². The maximum atomic E-state index is 12.7. The molecule has 0 aromatic heterocycles. The minimum Gasteiger partial charge on any atom is -0.465 e. The summed E-state index contributed by atoms with van der Waals surface area (Å²) in [6, 6.07) is 0. The molecule has 0 aromatic carbocycles. The Kier molecular flexibility index (Phi) is 7.90. The lowest BCUT2D eigenvalue weighted by molar-refractivity contribution is -0.169. The normalized spacial score (nSPS) is 21.6. The smallest absolute Gasteiger partial charge is 0.320 e. The van der Waals surface area contributed by atoms with Crippen molar-refractivity contribution in [1.82, 2.24) is 0 Å². The van der Waals surface area contributed by atoms with Crippen LogP contribution in [0.15, 0.2) is 0 Å².